The van der Waals surface area contributed by atoms with Crippen molar-refractivity contribution < 1.29 is 4.79 Å². The topological polar surface area (TPSA) is 59.8 Å². The van der Waals surface area contributed by atoms with Crippen LogP contribution in [-0.4, -0.2) is 26.4 Å². The summed E-state index contributed by atoms with van der Waals surface area (Å²) in [6.45, 7) is 6.19. The first kappa shape index (κ1) is 17.5. The fraction of sp³-hybridized carbons (Fsp3) is 0.471. The molecule has 0 aliphatic heterocycles. The van der Waals surface area contributed by atoms with Crippen LogP contribution in [-0.2, 0) is 18.3 Å². The molecule has 0 bridgehead atoms. The van der Waals surface area contributed by atoms with Gasteiger partial charge in [-0.2, -0.15) is 0 Å². The minimum Gasteiger partial charge on any atom is -0.325 e. The average Bonchev–Trinajstić information content (AvgIpc) is 2.86. The summed E-state index contributed by atoms with van der Waals surface area (Å²) in [6.07, 6.45) is 3.16. The summed E-state index contributed by atoms with van der Waals surface area (Å²) in [5.41, 5.74) is 3.13. The number of hydrogen-bond donors (Lipinski definition) is 1. The minimum absolute atomic E-state index is 0.0277. The Kier molecular flexibility index (Phi) is 6.21. The fourth-order valence-corrected chi connectivity index (χ4v) is 3.02. The summed E-state index contributed by atoms with van der Waals surface area (Å²) >= 11 is 1.42. The average molecular weight is 332 g/mol. The van der Waals surface area contributed by atoms with Gasteiger partial charge in [-0.25, -0.2) is 0 Å². The fourth-order valence-electron chi connectivity index (χ4n) is 2.29. The van der Waals surface area contributed by atoms with E-state index in [4.69, 9.17) is 0 Å². The van der Waals surface area contributed by atoms with Crippen LogP contribution in [0.25, 0.3) is 0 Å². The number of aryl methyl sites for hydroxylation is 3. The summed E-state index contributed by atoms with van der Waals surface area (Å²) in [6, 6.07) is 6.00. The van der Waals surface area contributed by atoms with Gasteiger partial charge in [0.2, 0.25) is 5.91 Å². The highest BCUT2D eigenvalue weighted by molar-refractivity contribution is 7.99. The molecule has 0 aliphatic rings. The van der Waals surface area contributed by atoms with Crippen LogP contribution in [0.15, 0.2) is 23.4 Å². The lowest BCUT2D eigenvalue weighted by Crippen LogP contribution is -2.15. The van der Waals surface area contributed by atoms with Gasteiger partial charge in [0, 0.05) is 19.2 Å². The van der Waals surface area contributed by atoms with Gasteiger partial charge in [0.25, 0.3) is 0 Å². The Morgan fingerprint density at radius 3 is 2.78 bits per heavy atom. The van der Waals surface area contributed by atoms with Crippen molar-refractivity contribution in [3.05, 3.63) is 35.2 Å². The van der Waals surface area contributed by atoms with Crippen molar-refractivity contribution in [2.75, 3.05) is 11.1 Å². The third kappa shape index (κ3) is 4.82. The zero-order valence-electron chi connectivity index (χ0n) is 14.2. The number of carbonyl (C=O) groups is 1. The minimum atomic E-state index is -0.0277. The molecule has 2 aromatic rings. The number of anilines is 1. The van der Waals surface area contributed by atoms with E-state index in [2.05, 4.69) is 28.5 Å². The quantitative estimate of drug-likeness (QED) is 0.788. The molecule has 124 valence electrons. The highest BCUT2D eigenvalue weighted by Gasteiger charge is 2.11. The van der Waals surface area contributed by atoms with E-state index >= 15 is 0 Å². The maximum absolute atomic E-state index is 12.1. The van der Waals surface area contributed by atoms with Crippen molar-refractivity contribution in [1.29, 1.82) is 0 Å². The first-order valence-corrected chi connectivity index (χ1v) is 8.88. The van der Waals surface area contributed by atoms with Crippen LogP contribution >= 0.6 is 11.8 Å². The maximum atomic E-state index is 12.1. The zero-order valence-corrected chi connectivity index (χ0v) is 15.0. The van der Waals surface area contributed by atoms with Gasteiger partial charge in [-0.05, 0) is 31.9 Å². The predicted octanol–water partition coefficient (Wildman–Crippen LogP) is 3.51. The number of carbonyl (C=O) groups excluding carboxylic acids is 1. The number of thioether (sulfide) groups is 1. The summed E-state index contributed by atoms with van der Waals surface area (Å²) < 4.78 is 1.98. The second-order valence-electron chi connectivity index (χ2n) is 5.72. The number of nitrogens with zero attached hydrogens (tertiary/aromatic N) is 3. The Balaban J connectivity index is 1.90. The summed E-state index contributed by atoms with van der Waals surface area (Å²) in [5.74, 6) is 1.27. The monoisotopic (exact) mass is 332 g/mol. The molecule has 1 heterocycles. The van der Waals surface area contributed by atoms with Crippen molar-refractivity contribution in [3.8, 4) is 0 Å². The van der Waals surface area contributed by atoms with Gasteiger partial charge in [0.15, 0.2) is 5.16 Å². The van der Waals surface area contributed by atoms with Crippen LogP contribution in [0.2, 0.25) is 0 Å². The van der Waals surface area contributed by atoms with Crippen molar-refractivity contribution in [2.24, 2.45) is 7.05 Å². The van der Waals surface area contributed by atoms with Crippen LogP contribution in [0.5, 0.6) is 0 Å². The predicted molar refractivity (Wildman–Crippen MR) is 94.9 cm³/mol. The van der Waals surface area contributed by atoms with E-state index in [0.717, 1.165) is 41.5 Å². The number of aromatic nitrogens is 3. The summed E-state index contributed by atoms with van der Waals surface area (Å²) in [5, 5.41) is 12.1. The van der Waals surface area contributed by atoms with Gasteiger partial charge in [-0.3, -0.25) is 4.79 Å². The number of unbranched alkanes of at least 4 members (excludes halogenated alkanes) is 1. The molecule has 1 amide bonds. The SMILES string of the molecule is CCCCc1nnc(SCC(=O)Nc2ccc(C)cc2C)n1C. The molecule has 5 nitrogen and oxygen atoms in total. The third-order valence-electron chi connectivity index (χ3n) is 3.67. The van der Waals surface area contributed by atoms with Gasteiger partial charge in [-0.1, -0.05) is 42.8 Å². The van der Waals surface area contributed by atoms with Crippen molar-refractivity contribution in [1.82, 2.24) is 14.8 Å². The van der Waals surface area contributed by atoms with E-state index in [1.807, 2.05) is 37.6 Å². The van der Waals surface area contributed by atoms with Crippen LogP contribution < -0.4 is 5.32 Å². The van der Waals surface area contributed by atoms with E-state index in [0.29, 0.717) is 5.75 Å². The van der Waals surface area contributed by atoms with E-state index in [1.165, 1.54) is 17.3 Å². The van der Waals surface area contributed by atoms with Gasteiger partial charge >= 0.3 is 0 Å². The first-order valence-electron chi connectivity index (χ1n) is 7.89. The Bertz CT molecular complexity index is 681. The van der Waals surface area contributed by atoms with Crippen molar-refractivity contribution in [2.45, 2.75) is 45.2 Å². The van der Waals surface area contributed by atoms with Gasteiger partial charge < -0.3 is 9.88 Å². The number of rotatable bonds is 7. The molecule has 0 atom stereocenters. The molecule has 6 heteroatoms. The Labute approximate surface area is 141 Å². The normalized spacial score (nSPS) is 10.8. The van der Waals surface area contributed by atoms with Gasteiger partial charge in [0.1, 0.15) is 5.82 Å². The molecule has 0 spiro atoms. The lowest BCUT2D eigenvalue weighted by molar-refractivity contribution is -0.113. The highest BCUT2D eigenvalue weighted by atomic mass is 32.2. The molecule has 0 fully saturated rings. The Morgan fingerprint density at radius 1 is 1.30 bits per heavy atom. The molecule has 0 saturated heterocycles. The zero-order chi connectivity index (χ0) is 16.8. The molecule has 23 heavy (non-hydrogen) atoms. The molecular formula is C17H24N4OS. The molecule has 1 aromatic carbocycles. The van der Waals surface area contributed by atoms with Crippen molar-refractivity contribution in [3.63, 3.8) is 0 Å². The van der Waals surface area contributed by atoms with E-state index < -0.39 is 0 Å². The van der Waals surface area contributed by atoms with Gasteiger partial charge in [0.05, 0.1) is 5.75 Å². The maximum Gasteiger partial charge on any atom is 0.234 e. The summed E-state index contributed by atoms with van der Waals surface area (Å²) in [4.78, 5) is 12.1. The molecule has 2 rings (SSSR count). The van der Waals surface area contributed by atoms with E-state index in [9.17, 15) is 4.79 Å². The smallest absolute Gasteiger partial charge is 0.234 e. The Hall–Kier alpha value is -1.82. The third-order valence-corrected chi connectivity index (χ3v) is 4.69. The van der Waals surface area contributed by atoms with E-state index in [-0.39, 0.29) is 5.91 Å². The molecule has 0 saturated carbocycles. The molecule has 0 aliphatic carbocycles. The van der Waals surface area contributed by atoms with Crippen LogP contribution in [0, 0.1) is 13.8 Å². The molecular weight excluding hydrogens is 308 g/mol. The second-order valence-corrected chi connectivity index (χ2v) is 6.66. The Morgan fingerprint density at radius 2 is 2.09 bits per heavy atom. The lowest BCUT2D eigenvalue weighted by atomic mass is 10.1. The second kappa shape index (κ2) is 8.15. The standard InChI is InChI=1S/C17H24N4OS/c1-5-6-7-15-19-20-17(21(15)4)23-11-16(22)18-14-9-8-12(2)10-13(14)3/h8-10H,5-7,11H2,1-4H3,(H,18,22). The number of hydrogen-bond acceptors (Lipinski definition) is 4. The highest BCUT2D eigenvalue weighted by Crippen LogP contribution is 2.19. The van der Waals surface area contributed by atoms with Crippen LogP contribution in [0.1, 0.15) is 36.7 Å². The van der Waals surface area contributed by atoms with Crippen LogP contribution in [0.3, 0.4) is 0 Å². The van der Waals surface area contributed by atoms with E-state index in [1.54, 1.807) is 0 Å². The molecule has 0 unspecified atom stereocenters. The number of benzene rings is 1. The first-order chi connectivity index (χ1) is 11.0. The van der Waals surface area contributed by atoms with Crippen molar-refractivity contribution >= 4 is 23.4 Å². The molecule has 1 N–H and O–H groups in total. The van der Waals surface area contributed by atoms with Gasteiger partial charge in [-0.15, -0.1) is 10.2 Å². The summed E-state index contributed by atoms with van der Waals surface area (Å²) in [7, 11) is 1.95. The lowest BCUT2D eigenvalue weighted by Gasteiger charge is -2.09. The largest absolute Gasteiger partial charge is 0.325 e. The number of nitrogens with one attached hydrogen (secondary N) is 1. The van der Waals surface area contributed by atoms with Crippen LogP contribution in [0.4, 0.5) is 5.69 Å². The molecule has 0 radical (unpaired) electrons. The number of amides is 1. The molecule has 1 aromatic heterocycles.